The predicted octanol–water partition coefficient (Wildman–Crippen LogP) is 6.07. The summed E-state index contributed by atoms with van der Waals surface area (Å²) in [4.78, 5) is 55.5. The van der Waals surface area contributed by atoms with Crippen molar-refractivity contribution in [1.29, 1.82) is 0 Å². The number of benzene rings is 3. The van der Waals surface area contributed by atoms with Gasteiger partial charge in [-0.3, -0.25) is 23.7 Å². The third-order valence-electron chi connectivity index (χ3n) is 6.97. The Morgan fingerprint density at radius 2 is 1.73 bits per heavy atom. The zero-order valence-electron chi connectivity index (χ0n) is 21.0. The van der Waals surface area contributed by atoms with Crippen molar-refractivity contribution in [2.45, 2.75) is 29.7 Å². The third-order valence-corrected chi connectivity index (χ3v) is 10.4. The lowest BCUT2D eigenvalue weighted by Crippen LogP contribution is -2.33. The summed E-state index contributed by atoms with van der Waals surface area (Å²) in [7, 11) is 0. The second-order valence-corrected chi connectivity index (χ2v) is 13.1. The number of imide groups is 1. The van der Waals surface area contributed by atoms with Crippen molar-refractivity contribution < 1.29 is 14.4 Å². The van der Waals surface area contributed by atoms with Crippen molar-refractivity contribution in [3.63, 3.8) is 0 Å². The molecular weight excluding hydrogens is 634 g/mol. The maximum Gasteiger partial charge on any atom is 0.308 e. The number of hydrogen-bond acceptors (Lipinski definition) is 6. The van der Waals surface area contributed by atoms with Gasteiger partial charge in [-0.25, -0.2) is 4.90 Å². The van der Waals surface area contributed by atoms with E-state index in [9.17, 15) is 19.2 Å². The maximum atomic E-state index is 13.9. The number of thiazole rings is 1. The Labute approximate surface area is 251 Å². The summed E-state index contributed by atoms with van der Waals surface area (Å²) in [5, 5.41) is 3.13. The van der Waals surface area contributed by atoms with Crippen molar-refractivity contribution in [3.8, 4) is 0 Å². The lowest BCUT2D eigenvalue weighted by atomic mass is 9.83. The number of halogens is 2. The minimum atomic E-state index is -0.760. The van der Waals surface area contributed by atoms with Crippen molar-refractivity contribution in [2.75, 3.05) is 10.2 Å². The van der Waals surface area contributed by atoms with Crippen molar-refractivity contribution in [3.05, 3.63) is 108 Å². The van der Waals surface area contributed by atoms with E-state index in [0.29, 0.717) is 26.3 Å². The molecule has 40 heavy (non-hydrogen) atoms. The number of amides is 3. The molecule has 4 aromatic rings. The first-order chi connectivity index (χ1) is 19.2. The largest absolute Gasteiger partial charge is 0.325 e. The number of carbonyl (C=O) groups excluding carboxylic acids is 3. The topological polar surface area (TPSA) is 88.5 Å². The summed E-state index contributed by atoms with van der Waals surface area (Å²) < 4.78 is 2.29. The van der Waals surface area contributed by atoms with E-state index in [1.807, 2.05) is 49.4 Å². The summed E-state index contributed by atoms with van der Waals surface area (Å²) >= 11 is 11.7. The molecule has 2 aliphatic rings. The minimum absolute atomic E-state index is 0.209. The first-order valence-corrected chi connectivity index (χ1v) is 15.2. The molecule has 0 unspecified atom stereocenters. The molecule has 1 aromatic heterocycles. The Balaban J connectivity index is 1.41. The molecule has 1 fully saturated rings. The molecule has 7 nitrogen and oxygen atoms in total. The Morgan fingerprint density at radius 3 is 2.42 bits per heavy atom. The number of nitrogens with one attached hydrogen (secondary N) is 1. The molecule has 0 bridgehead atoms. The maximum absolute atomic E-state index is 13.9. The summed E-state index contributed by atoms with van der Waals surface area (Å²) in [6.45, 7) is 1.72. The van der Waals surface area contributed by atoms with Crippen LogP contribution in [0, 0.1) is 12.8 Å². The van der Waals surface area contributed by atoms with Crippen LogP contribution < -0.4 is 15.1 Å². The van der Waals surface area contributed by atoms with Gasteiger partial charge < -0.3 is 5.32 Å². The van der Waals surface area contributed by atoms with Gasteiger partial charge >= 0.3 is 4.87 Å². The molecule has 1 N–H and O–H groups in total. The van der Waals surface area contributed by atoms with Crippen LogP contribution in [-0.2, 0) is 20.9 Å². The van der Waals surface area contributed by atoms with Crippen LogP contribution in [0.4, 0.5) is 11.4 Å². The van der Waals surface area contributed by atoms with Crippen LogP contribution in [0.1, 0.15) is 21.9 Å². The van der Waals surface area contributed by atoms with Gasteiger partial charge in [0.25, 0.3) is 0 Å². The van der Waals surface area contributed by atoms with Gasteiger partial charge in [0.2, 0.25) is 17.7 Å². The number of hydrogen-bond donors (Lipinski definition) is 1. The normalized spacial score (nSPS) is 19.9. The average molecular weight is 655 g/mol. The van der Waals surface area contributed by atoms with Gasteiger partial charge in [-0.1, -0.05) is 74.9 Å². The molecule has 11 heteroatoms. The van der Waals surface area contributed by atoms with Gasteiger partial charge in [-0.05, 0) is 66.6 Å². The fourth-order valence-corrected chi connectivity index (χ4v) is 8.36. The third kappa shape index (κ3) is 4.83. The van der Waals surface area contributed by atoms with Gasteiger partial charge in [-0.2, -0.15) is 0 Å². The molecule has 0 radical (unpaired) electrons. The molecule has 3 heterocycles. The van der Waals surface area contributed by atoms with E-state index in [1.165, 1.54) is 21.2 Å². The molecule has 2 aliphatic heterocycles. The molecule has 0 spiro atoms. The number of thioether (sulfide) groups is 1. The smallest absolute Gasteiger partial charge is 0.308 e. The van der Waals surface area contributed by atoms with E-state index in [1.54, 1.807) is 30.3 Å². The Bertz CT molecular complexity index is 1720. The Kier molecular flexibility index (Phi) is 7.20. The van der Waals surface area contributed by atoms with E-state index in [4.69, 9.17) is 11.6 Å². The van der Waals surface area contributed by atoms with Gasteiger partial charge in [-0.15, -0.1) is 0 Å². The highest BCUT2D eigenvalue weighted by atomic mass is 79.9. The van der Waals surface area contributed by atoms with Crippen LogP contribution >= 0.6 is 50.6 Å². The number of aryl methyl sites for hydroxylation is 1. The number of anilines is 2. The van der Waals surface area contributed by atoms with Crippen molar-refractivity contribution in [1.82, 2.24) is 4.57 Å². The highest BCUT2D eigenvalue weighted by molar-refractivity contribution is 9.10. The van der Waals surface area contributed by atoms with Crippen LogP contribution in [0.25, 0.3) is 0 Å². The molecule has 0 aliphatic carbocycles. The first-order valence-electron chi connectivity index (χ1n) is 12.4. The van der Waals surface area contributed by atoms with E-state index in [0.717, 1.165) is 26.9 Å². The van der Waals surface area contributed by atoms with E-state index >= 15 is 0 Å². The quantitative estimate of drug-likeness (QED) is 0.264. The standard InChI is InChI=1S/C29H21BrClN3O4S2/c1-15-3-2-4-19(13-15)32-21(35)14-33-28-25(40-29(33)38)22(16-5-7-17(30)8-6-16)23-24(39-28)27(37)34(26(23)36)20-11-9-18(31)10-12-20/h2-13,22-24H,14H2,1H3,(H,32,35)/t22-,23-,24+/m0/s1. The molecule has 3 atom stereocenters. The van der Waals surface area contributed by atoms with Gasteiger partial charge in [0.1, 0.15) is 11.8 Å². The van der Waals surface area contributed by atoms with Gasteiger partial charge in [0, 0.05) is 26.0 Å². The Hall–Kier alpha value is -3.18. The predicted molar refractivity (Wildman–Crippen MR) is 161 cm³/mol. The van der Waals surface area contributed by atoms with Crippen LogP contribution in [0.2, 0.25) is 5.02 Å². The number of carbonyl (C=O) groups is 3. The number of aromatic nitrogens is 1. The first kappa shape index (κ1) is 27.0. The zero-order chi connectivity index (χ0) is 28.1. The lowest BCUT2D eigenvalue weighted by Gasteiger charge is -2.30. The molecule has 0 saturated carbocycles. The monoisotopic (exact) mass is 653 g/mol. The fourth-order valence-electron chi connectivity index (χ4n) is 5.20. The Morgan fingerprint density at radius 1 is 1.00 bits per heavy atom. The molecular formula is C29H21BrClN3O4S2. The minimum Gasteiger partial charge on any atom is -0.325 e. The zero-order valence-corrected chi connectivity index (χ0v) is 24.9. The van der Waals surface area contributed by atoms with E-state index in [-0.39, 0.29) is 29.1 Å². The average Bonchev–Trinajstić information content (AvgIpc) is 3.36. The molecule has 202 valence electrons. The number of nitrogens with zero attached hydrogens (tertiary/aromatic N) is 2. The van der Waals surface area contributed by atoms with Gasteiger partial charge in [0.15, 0.2) is 0 Å². The SMILES string of the molecule is Cc1cccc(NC(=O)Cn2c3c(sc2=O)[C@@H](c2ccc(Br)cc2)[C@@H]2C(=O)N(c4ccc(Cl)cc4)C(=O)[C@@H]2S3)c1. The highest BCUT2D eigenvalue weighted by Gasteiger charge is 2.56. The fraction of sp³-hybridized carbons (Fsp3) is 0.172. The summed E-state index contributed by atoms with van der Waals surface area (Å²) in [5.41, 5.74) is 2.90. The lowest BCUT2D eigenvalue weighted by molar-refractivity contribution is -0.122. The molecule has 3 amide bonds. The number of fused-ring (bicyclic) bond motifs is 2. The van der Waals surface area contributed by atoms with Gasteiger partial charge in [0.05, 0.1) is 16.6 Å². The van der Waals surface area contributed by atoms with Crippen LogP contribution in [-0.4, -0.2) is 27.5 Å². The molecule has 6 rings (SSSR count). The van der Waals surface area contributed by atoms with Crippen LogP contribution in [0.5, 0.6) is 0 Å². The summed E-state index contributed by atoms with van der Waals surface area (Å²) in [6, 6.07) is 21.5. The molecule has 1 saturated heterocycles. The highest BCUT2D eigenvalue weighted by Crippen LogP contribution is 2.54. The van der Waals surface area contributed by atoms with E-state index < -0.39 is 17.1 Å². The number of rotatable bonds is 5. The second-order valence-electron chi connectivity index (χ2n) is 9.62. The summed E-state index contributed by atoms with van der Waals surface area (Å²) in [6.07, 6.45) is 0. The van der Waals surface area contributed by atoms with Crippen LogP contribution in [0.15, 0.2) is 87.1 Å². The molecule has 3 aromatic carbocycles. The van der Waals surface area contributed by atoms with Crippen molar-refractivity contribution in [2.24, 2.45) is 5.92 Å². The van der Waals surface area contributed by atoms with E-state index in [2.05, 4.69) is 21.2 Å². The van der Waals surface area contributed by atoms with Crippen LogP contribution in [0.3, 0.4) is 0 Å². The summed E-state index contributed by atoms with van der Waals surface area (Å²) in [5.74, 6) is -2.28. The second kappa shape index (κ2) is 10.7. The van der Waals surface area contributed by atoms with Crippen molar-refractivity contribution >= 4 is 79.7 Å².